The minimum Gasteiger partial charge on any atom is -0.300 e. The van der Waals surface area contributed by atoms with Crippen LogP contribution >= 0.6 is 57.7 Å². The summed E-state index contributed by atoms with van der Waals surface area (Å²) in [5, 5.41) is 4.15. The summed E-state index contributed by atoms with van der Waals surface area (Å²) in [6.45, 7) is 0. The number of nitrogens with zero attached hydrogens (tertiary/aromatic N) is 4. The Kier molecular flexibility index (Phi) is 5.09. The van der Waals surface area contributed by atoms with Gasteiger partial charge in [0.1, 0.15) is 0 Å². The second kappa shape index (κ2) is 7.37. The molecular weight excluding hydrogens is 448 g/mol. The fourth-order valence-corrected chi connectivity index (χ4v) is 3.68. The van der Waals surface area contributed by atoms with Crippen LogP contribution in [-0.2, 0) is 3.79 Å². The fourth-order valence-electron chi connectivity index (χ4n) is 2.34. The van der Waals surface area contributed by atoms with Gasteiger partial charge in [0.25, 0.3) is 0 Å². The van der Waals surface area contributed by atoms with E-state index in [-0.39, 0.29) is 11.8 Å². The molecule has 4 rings (SSSR count). The summed E-state index contributed by atoms with van der Waals surface area (Å²) >= 11 is 25.7. The van der Waals surface area contributed by atoms with Crippen molar-refractivity contribution < 1.29 is 0 Å². The zero-order valence-electron chi connectivity index (χ0n) is 13.3. The third kappa shape index (κ3) is 4.10. The van der Waals surface area contributed by atoms with E-state index in [4.69, 9.17) is 46.4 Å². The smallest absolute Gasteiger partial charge is 0.250 e. The molecule has 0 saturated heterocycles. The number of rotatable bonds is 3. The highest BCUT2D eigenvalue weighted by Gasteiger charge is 2.29. The molecule has 0 unspecified atom stereocenters. The maximum absolute atomic E-state index is 6.26. The molecule has 0 fully saturated rings. The van der Waals surface area contributed by atoms with Crippen molar-refractivity contribution in [3.63, 3.8) is 0 Å². The van der Waals surface area contributed by atoms with Crippen molar-refractivity contribution in [2.75, 3.05) is 5.32 Å². The van der Waals surface area contributed by atoms with Crippen molar-refractivity contribution >= 4 is 79.0 Å². The molecule has 0 saturated carbocycles. The molecule has 5 nitrogen and oxygen atoms in total. The van der Waals surface area contributed by atoms with Gasteiger partial charge in [-0.15, -0.1) is 0 Å². The molecule has 0 amide bonds. The lowest BCUT2D eigenvalue weighted by molar-refractivity contribution is 0.931. The van der Waals surface area contributed by atoms with Gasteiger partial charge in [-0.1, -0.05) is 82.0 Å². The number of thiazole rings is 1. The van der Waals surface area contributed by atoms with Crippen molar-refractivity contribution in [1.82, 2.24) is 19.9 Å². The molecule has 2 aromatic carbocycles. The van der Waals surface area contributed by atoms with Crippen LogP contribution in [0.2, 0.25) is 5.02 Å². The Hall–Kier alpha value is -1.70. The Bertz CT molecular complexity index is 1090. The van der Waals surface area contributed by atoms with Crippen LogP contribution in [0.4, 0.5) is 11.1 Å². The Morgan fingerprint density at radius 1 is 0.852 bits per heavy atom. The maximum atomic E-state index is 6.26. The maximum Gasteiger partial charge on any atom is 0.250 e. The van der Waals surface area contributed by atoms with Crippen LogP contribution in [0.3, 0.4) is 0 Å². The van der Waals surface area contributed by atoms with Crippen LogP contribution in [0, 0.1) is 0 Å². The normalized spacial score (nSPS) is 11.7. The highest BCUT2D eigenvalue weighted by atomic mass is 35.6. The molecule has 136 valence electrons. The Labute approximate surface area is 178 Å². The third-order valence-corrected chi connectivity index (χ3v) is 5.30. The molecule has 2 heterocycles. The molecule has 4 aromatic rings. The molecule has 27 heavy (non-hydrogen) atoms. The van der Waals surface area contributed by atoms with Gasteiger partial charge in [-0.05, 0) is 24.3 Å². The second-order valence-electron chi connectivity index (χ2n) is 5.40. The van der Waals surface area contributed by atoms with Gasteiger partial charge in [0.15, 0.2) is 16.8 Å². The van der Waals surface area contributed by atoms with Gasteiger partial charge in [0.2, 0.25) is 9.74 Å². The number of halogens is 4. The van der Waals surface area contributed by atoms with Crippen LogP contribution in [0.1, 0.15) is 5.82 Å². The van der Waals surface area contributed by atoms with E-state index in [2.05, 4.69) is 25.3 Å². The highest BCUT2D eigenvalue weighted by Crippen LogP contribution is 2.38. The number of fused-ring (bicyclic) bond motifs is 1. The number of hydrogen-bond donors (Lipinski definition) is 1. The van der Waals surface area contributed by atoms with E-state index in [0.29, 0.717) is 21.5 Å². The monoisotopic (exact) mass is 455 g/mol. The zero-order valence-corrected chi connectivity index (χ0v) is 17.2. The Morgan fingerprint density at radius 3 is 2.33 bits per heavy atom. The molecule has 1 N–H and O–H groups in total. The van der Waals surface area contributed by atoms with E-state index >= 15 is 0 Å². The molecule has 0 spiro atoms. The van der Waals surface area contributed by atoms with Crippen molar-refractivity contribution in [3.05, 3.63) is 59.4 Å². The molecule has 0 radical (unpaired) electrons. The summed E-state index contributed by atoms with van der Waals surface area (Å²) in [4.78, 5) is 17.4. The van der Waals surface area contributed by atoms with Crippen molar-refractivity contribution in [2.24, 2.45) is 0 Å². The first kappa shape index (κ1) is 18.7. The van der Waals surface area contributed by atoms with Crippen LogP contribution in [0.25, 0.3) is 21.6 Å². The highest BCUT2D eigenvalue weighted by molar-refractivity contribution is 7.22. The summed E-state index contributed by atoms with van der Waals surface area (Å²) < 4.78 is -0.787. The van der Waals surface area contributed by atoms with Crippen LogP contribution in [0.15, 0.2) is 48.5 Å². The summed E-state index contributed by atoms with van der Waals surface area (Å²) in [6, 6.07) is 14.9. The second-order valence-corrected chi connectivity index (χ2v) is 9.11. The number of aromatic nitrogens is 4. The van der Waals surface area contributed by atoms with Crippen LogP contribution < -0.4 is 5.32 Å². The minimum absolute atomic E-state index is 0.0129. The van der Waals surface area contributed by atoms with Gasteiger partial charge in [-0.3, -0.25) is 5.32 Å². The predicted molar refractivity (Wildman–Crippen MR) is 112 cm³/mol. The van der Waals surface area contributed by atoms with Gasteiger partial charge in [0.05, 0.1) is 15.2 Å². The number of para-hydroxylation sites is 1. The number of hydrogen-bond acceptors (Lipinski definition) is 6. The third-order valence-electron chi connectivity index (χ3n) is 3.52. The molecule has 2 aromatic heterocycles. The standard InChI is InChI=1S/C17H9Cl4N5S/c18-10-6-2-1-5-9(10)13-23-14(17(19,20)21)25-15(24-13)26-16-22-11-7-3-4-8-12(11)27-16/h1-8H,(H,22,23,24,25,26). The van der Waals surface area contributed by atoms with Crippen molar-refractivity contribution in [1.29, 1.82) is 0 Å². The molecule has 10 heteroatoms. The van der Waals surface area contributed by atoms with Crippen molar-refractivity contribution in [2.45, 2.75) is 3.79 Å². The fraction of sp³-hybridized carbons (Fsp3) is 0.0588. The Balaban J connectivity index is 1.79. The molecule has 0 aliphatic rings. The number of benzene rings is 2. The lowest BCUT2D eigenvalue weighted by Gasteiger charge is -2.13. The largest absolute Gasteiger partial charge is 0.300 e. The Morgan fingerprint density at radius 2 is 1.59 bits per heavy atom. The average Bonchev–Trinajstić information content (AvgIpc) is 3.03. The van der Waals surface area contributed by atoms with E-state index in [9.17, 15) is 0 Å². The van der Waals surface area contributed by atoms with Gasteiger partial charge >= 0.3 is 0 Å². The van der Waals surface area contributed by atoms with Crippen LogP contribution in [-0.4, -0.2) is 19.9 Å². The predicted octanol–water partition coefficient (Wildman–Crippen LogP) is 6.37. The SMILES string of the molecule is Clc1ccccc1-c1nc(Nc2nc3ccccc3s2)nc(C(Cl)(Cl)Cl)n1. The first-order valence-electron chi connectivity index (χ1n) is 7.61. The van der Waals surface area contributed by atoms with E-state index < -0.39 is 3.79 Å². The molecule has 0 atom stereocenters. The molecular formula is C17H9Cl4N5S. The van der Waals surface area contributed by atoms with Gasteiger partial charge < -0.3 is 0 Å². The van der Waals surface area contributed by atoms with Gasteiger partial charge in [-0.25, -0.2) is 9.97 Å². The average molecular weight is 457 g/mol. The molecule has 0 aliphatic carbocycles. The summed E-state index contributed by atoms with van der Waals surface area (Å²) in [5.74, 6) is 0.488. The first-order chi connectivity index (χ1) is 12.9. The zero-order chi connectivity index (χ0) is 19.0. The van der Waals surface area contributed by atoms with E-state index in [1.54, 1.807) is 12.1 Å². The lowest BCUT2D eigenvalue weighted by Crippen LogP contribution is -2.12. The summed E-state index contributed by atoms with van der Waals surface area (Å²) in [6.07, 6.45) is 0. The first-order valence-corrected chi connectivity index (χ1v) is 9.94. The van der Waals surface area contributed by atoms with E-state index in [1.807, 2.05) is 36.4 Å². The molecule has 0 aliphatic heterocycles. The van der Waals surface area contributed by atoms with E-state index in [0.717, 1.165) is 10.2 Å². The number of anilines is 2. The topological polar surface area (TPSA) is 63.6 Å². The van der Waals surface area contributed by atoms with E-state index in [1.165, 1.54) is 11.3 Å². The number of nitrogens with one attached hydrogen (secondary N) is 1. The summed E-state index contributed by atoms with van der Waals surface area (Å²) in [7, 11) is 0. The quantitative estimate of drug-likeness (QED) is 0.362. The number of alkyl halides is 3. The minimum atomic E-state index is -1.82. The lowest BCUT2D eigenvalue weighted by atomic mass is 10.2. The van der Waals surface area contributed by atoms with Crippen molar-refractivity contribution in [3.8, 4) is 11.4 Å². The van der Waals surface area contributed by atoms with Gasteiger partial charge in [0, 0.05) is 5.56 Å². The van der Waals surface area contributed by atoms with Crippen LogP contribution in [0.5, 0.6) is 0 Å². The molecule has 0 bridgehead atoms. The summed E-state index contributed by atoms with van der Waals surface area (Å²) in [5.41, 5.74) is 1.47. The van der Waals surface area contributed by atoms with Gasteiger partial charge in [-0.2, -0.15) is 9.97 Å².